The molecule has 2 atom stereocenters. The van der Waals surface area contributed by atoms with Crippen molar-refractivity contribution in [2.24, 2.45) is 0 Å². The van der Waals surface area contributed by atoms with Gasteiger partial charge in [0.1, 0.15) is 29.6 Å². The number of phenols is 1. The molecule has 2 saturated heterocycles. The number of morpholine rings is 1. The third kappa shape index (κ3) is 3.45. The number of aromatic hydroxyl groups is 1. The van der Waals surface area contributed by atoms with Crippen molar-refractivity contribution in [2.75, 3.05) is 50.9 Å². The predicted molar refractivity (Wildman–Crippen MR) is 110 cm³/mol. The smallest absolute Gasteiger partial charge is 0.263 e. The molecule has 9 nitrogen and oxygen atoms in total. The highest BCUT2D eigenvalue weighted by Gasteiger charge is 2.38. The maximum Gasteiger partial charge on any atom is 0.263 e. The number of ether oxygens (including phenoxy) is 2. The molecule has 3 aliphatic rings. The second-order valence-electron chi connectivity index (χ2n) is 7.97. The zero-order valence-corrected chi connectivity index (χ0v) is 17.2. The summed E-state index contributed by atoms with van der Waals surface area (Å²) in [6.07, 6.45) is 0. The zero-order valence-electron chi connectivity index (χ0n) is 17.2. The molecule has 0 bridgehead atoms. The van der Waals surface area contributed by atoms with Gasteiger partial charge in [0.25, 0.3) is 5.91 Å². The van der Waals surface area contributed by atoms with Gasteiger partial charge < -0.3 is 29.7 Å². The molecule has 0 spiro atoms. The van der Waals surface area contributed by atoms with Crippen LogP contribution in [-0.2, 0) is 4.74 Å². The first-order valence-electron chi connectivity index (χ1n) is 10.4. The molecule has 1 aromatic carbocycles. The Morgan fingerprint density at radius 3 is 2.87 bits per heavy atom. The van der Waals surface area contributed by atoms with Crippen molar-refractivity contribution >= 4 is 11.7 Å². The lowest BCUT2D eigenvalue weighted by Crippen LogP contribution is -2.55. The topological polar surface area (TPSA) is 100 Å². The molecule has 0 aliphatic carbocycles. The number of fused-ring (bicyclic) bond motifs is 2. The van der Waals surface area contributed by atoms with Crippen molar-refractivity contribution in [2.45, 2.75) is 19.0 Å². The standard InChI is InChI=1S/C21H24FN5O4/c1-12-10-30-8-7-26(12)19-17-20(31-11-13-9-23-5-6-27(13)21(17)29)25-18(24-19)16-14(22)3-2-4-15(16)28/h2-4,12-13,23,28H,5-11H2,1H3/t12-,13+/m0/s1. The van der Waals surface area contributed by atoms with Crippen molar-refractivity contribution in [3.8, 4) is 23.0 Å². The molecular weight excluding hydrogens is 405 g/mol. The van der Waals surface area contributed by atoms with Crippen molar-refractivity contribution in [3.05, 3.63) is 29.6 Å². The Morgan fingerprint density at radius 2 is 2.06 bits per heavy atom. The minimum absolute atomic E-state index is 0.0196. The van der Waals surface area contributed by atoms with Gasteiger partial charge in [-0.1, -0.05) is 6.07 Å². The summed E-state index contributed by atoms with van der Waals surface area (Å²) < 4.78 is 26.1. The number of nitrogens with zero attached hydrogens (tertiary/aromatic N) is 4. The van der Waals surface area contributed by atoms with Crippen LogP contribution in [0.4, 0.5) is 10.2 Å². The number of anilines is 1. The van der Waals surface area contributed by atoms with Gasteiger partial charge in [-0.05, 0) is 19.1 Å². The van der Waals surface area contributed by atoms with E-state index in [1.54, 1.807) is 4.90 Å². The first-order chi connectivity index (χ1) is 15.0. The van der Waals surface area contributed by atoms with Crippen LogP contribution in [0.5, 0.6) is 11.6 Å². The molecule has 2 fully saturated rings. The normalized spacial score (nSPS) is 23.6. The number of rotatable bonds is 2. The van der Waals surface area contributed by atoms with Crippen LogP contribution in [0.3, 0.4) is 0 Å². The number of carbonyl (C=O) groups is 1. The van der Waals surface area contributed by atoms with Crippen LogP contribution >= 0.6 is 0 Å². The number of aromatic nitrogens is 2. The molecular formula is C21H24FN5O4. The maximum absolute atomic E-state index is 14.6. The van der Waals surface area contributed by atoms with Crippen molar-refractivity contribution in [1.82, 2.24) is 20.2 Å². The molecule has 5 rings (SSSR count). The number of piperazine rings is 1. The van der Waals surface area contributed by atoms with Crippen LogP contribution in [-0.4, -0.2) is 84.0 Å². The Bertz CT molecular complexity index is 999. The number of hydrogen-bond acceptors (Lipinski definition) is 8. The molecule has 10 heteroatoms. The van der Waals surface area contributed by atoms with Gasteiger partial charge in [-0.25, -0.2) is 9.37 Å². The van der Waals surface area contributed by atoms with Gasteiger partial charge in [-0.2, -0.15) is 4.98 Å². The average molecular weight is 429 g/mol. The van der Waals surface area contributed by atoms with Gasteiger partial charge in [-0.15, -0.1) is 0 Å². The van der Waals surface area contributed by atoms with Crippen LogP contribution in [0.2, 0.25) is 0 Å². The summed E-state index contributed by atoms with van der Waals surface area (Å²) in [5, 5.41) is 13.6. The van der Waals surface area contributed by atoms with Crippen LogP contribution in [0, 0.1) is 5.82 Å². The minimum Gasteiger partial charge on any atom is -0.507 e. The minimum atomic E-state index is -0.650. The summed E-state index contributed by atoms with van der Waals surface area (Å²) in [6, 6.07) is 3.84. The monoisotopic (exact) mass is 429 g/mol. The summed E-state index contributed by atoms with van der Waals surface area (Å²) in [6.45, 7) is 5.60. The molecule has 3 aliphatic heterocycles. The van der Waals surface area contributed by atoms with Gasteiger partial charge in [0, 0.05) is 26.2 Å². The van der Waals surface area contributed by atoms with E-state index in [0.29, 0.717) is 45.2 Å². The number of carbonyl (C=O) groups excluding carboxylic acids is 1. The highest BCUT2D eigenvalue weighted by atomic mass is 19.1. The lowest BCUT2D eigenvalue weighted by Gasteiger charge is -2.36. The molecule has 2 N–H and O–H groups in total. The van der Waals surface area contributed by atoms with E-state index in [4.69, 9.17) is 9.47 Å². The molecule has 4 heterocycles. The molecule has 31 heavy (non-hydrogen) atoms. The van der Waals surface area contributed by atoms with E-state index in [1.165, 1.54) is 18.2 Å². The van der Waals surface area contributed by atoms with E-state index in [9.17, 15) is 14.3 Å². The number of hydrogen-bond donors (Lipinski definition) is 2. The first kappa shape index (κ1) is 20.0. The molecule has 0 radical (unpaired) electrons. The molecule has 0 unspecified atom stereocenters. The molecule has 1 amide bonds. The second kappa shape index (κ2) is 7.93. The molecule has 2 aromatic rings. The summed E-state index contributed by atoms with van der Waals surface area (Å²) >= 11 is 0. The third-order valence-corrected chi connectivity index (χ3v) is 5.95. The molecule has 0 saturated carbocycles. The van der Waals surface area contributed by atoms with Gasteiger partial charge in [0.2, 0.25) is 5.88 Å². The molecule has 164 valence electrons. The fourth-order valence-electron chi connectivity index (χ4n) is 4.31. The highest BCUT2D eigenvalue weighted by Crippen LogP contribution is 2.37. The number of nitrogens with one attached hydrogen (secondary N) is 1. The largest absolute Gasteiger partial charge is 0.507 e. The lowest BCUT2D eigenvalue weighted by atomic mass is 10.1. The van der Waals surface area contributed by atoms with Crippen LogP contribution < -0.4 is 15.0 Å². The number of halogens is 1. The predicted octanol–water partition coefficient (Wildman–Crippen LogP) is 1.02. The van der Waals surface area contributed by atoms with Crippen LogP contribution in [0.25, 0.3) is 11.4 Å². The number of amides is 1. The lowest BCUT2D eigenvalue weighted by molar-refractivity contribution is 0.0604. The first-order valence-corrected chi connectivity index (χ1v) is 10.4. The Hall–Kier alpha value is -2.98. The van der Waals surface area contributed by atoms with E-state index >= 15 is 0 Å². The van der Waals surface area contributed by atoms with E-state index in [0.717, 1.165) is 0 Å². The summed E-state index contributed by atoms with van der Waals surface area (Å²) in [4.78, 5) is 26.3. The van der Waals surface area contributed by atoms with Gasteiger partial charge in [0.05, 0.1) is 30.9 Å². The van der Waals surface area contributed by atoms with Crippen molar-refractivity contribution in [1.29, 1.82) is 0 Å². The maximum atomic E-state index is 14.6. The van der Waals surface area contributed by atoms with E-state index in [1.807, 2.05) is 11.8 Å². The summed E-state index contributed by atoms with van der Waals surface area (Å²) in [7, 11) is 0. The van der Waals surface area contributed by atoms with Gasteiger partial charge in [0.15, 0.2) is 5.82 Å². The SMILES string of the molecule is C[C@H]1COCCN1c1nc(-c2c(O)cccc2F)nc2c1C(=O)N1CCNC[C@@H]1CO2. The Morgan fingerprint density at radius 1 is 1.19 bits per heavy atom. The Labute approximate surface area is 178 Å². The van der Waals surface area contributed by atoms with Crippen molar-refractivity contribution in [3.63, 3.8) is 0 Å². The van der Waals surface area contributed by atoms with E-state index in [2.05, 4.69) is 15.3 Å². The fourth-order valence-corrected chi connectivity index (χ4v) is 4.31. The summed E-state index contributed by atoms with van der Waals surface area (Å²) in [5.74, 6) is -0.654. The summed E-state index contributed by atoms with van der Waals surface area (Å²) in [5.41, 5.74) is 0.157. The number of phenolic OH excluding ortho intramolecular Hbond substituents is 1. The van der Waals surface area contributed by atoms with Gasteiger partial charge >= 0.3 is 0 Å². The highest BCUT2D eigenvalue weighted by molar-refractivity contribution is 6.02. The zero-order chi connectivity index (χ0) is 21.5. The van der Waals surface area contributed by atoms with E-state index in [-0.39, 0.29) is 53.2 Å². The molecule has 1 aromatic heterocycles. The van der Waals surface area contributed by atoms with Gasteiger partial charge in [-0.3, -0.25) is 4.79 Å². The third-order valence-electron chi connectivity index (χ3n) is 5.95. The fraction of sp³-hybridized carbons (Fsp3) is 0.476. The van der Waals surface area contributed by atoms with E-state index < -0.39 is 5.82 Å². The Kier molecular flexibility index (Phi) is 5.11. The van der Waals surface area contributed by atoms with Crippen LogP contribution in [0.15, 0.2) is 18.2 Å². The number of benzene rings is 1. The Balaban J connectivity index is 1.70. The average Bonchev–Trinajstić information content (AvgIpc) is 2.91. The quantitative estimate of drug-likeness (QED) is 0.730. The van der Waals surface area contributed by atoms with Crippen molar-refractivity contribution < 1.29 is 23.8 Å². The van der Waals surface area contributed by atoms with Crippen LogP contribution in [0.1, 0.15) is 17.3 Å². The second-order valence-corrected chi connectivity index (χ2v) is 7.97.